The molecule has 2 aromatic rings. The first-order valence-electron chi connectivity index (χ1n) is 9.51. The number of aryl methyl sites for hydroxylation is 2. The van der Waals surface area contributed by atoms with Crippen LogP contribution in [0, 0.1) is 6.92 Å². The Morgan fingerprint density at radius 1 is 1.07 bits per heavy atom. The molecule has 3 rings (SSSR count). The summed E-state index contributed by atoms with van der Waals surface area (Å²) >= 11 is 12.1. The third kappa shape index (κ3) is 6.24. The minimum absolute atomic E-state index is 0.128. The van der Waals surface area contributed by atoms with E-state index >= 15 is 0 Å². The van der Waals surface area contributed by atoms with E-state index in [-0.39, 0.29) is 11.9 Å². The first-order valence-corrected chi connectivity index (χ1v) is 10.3. The summed E-state index contributed by atoms with van der Waals surface area (Å²) in [7, 11) is 0. The fourth-order valence-electron chi connectivity index (χ4n) is 3.43. The molecule has 1 amide bonds. The maximum atomic E-state index is 12.3. The molecule has 144 valence electrons. The van der Waals surface area contributed by atoms with E-state index in [4.69, 9.17) is 23.2 Å². The Labute approximate surface area is 171 Å². The van der Waals surface area contributed by atoms with Crippen molar-refractivity contribution in [1.82, 2.24) is 10.2 Å². The zero-order valence-electron chi connectivity index (χ0n) is 15.7. The molecule has 2 aromatic carbocycles. The normalized spacial score (nSPS) is 15.7. The summed E-state index contributed by atoms with van der Waals surface area (Å²) < 4.78 is 0. The lowest BCUT2D eigenvalue weighted by atomic mass is 10.0. The Morgan fingerprint density at radius 3 is 2.41 bits per heavy atom. The summed E-state index contributed by atoms with van der Waals surface area (Å²) in [4.78, 5) is 14.7. The summed E-state index contributed by atoms with van der Waals surface area (Å²) in [5.41, 5.74) is 3.45. The topological polar surface area (TPSA) is 32.3 Å². The van der Waals surface area contributed by atoms with E-state index in [0.717, 1.165) is 60.1 Å². The highest BCUT2D eigenvalue weighted by atomic mass is 35.5. The number of rotatable bonds is 6. The SMILES string of the molecule is Cc1ccc(CCC(=O)NC2CCN(Cc3ccc(Cl)cc3)CC2)cc1Cl. The van der Waals surface area contributed by atoms with Gasteiger partial charge in [0, 0.05) is 42.1 Å². The summed E-state index contributed by atoms with van der Waals surface area (Å²) in [5, 5.41) is 4.73. The van der Waals surface area contributed by atoms with Crippen LogP contribution in [0.5, 0.6) is 0 Å². The van der Waals surface area contributed by atoms with Gasteiger partial charge in [-0.15, -0.1) is 0 Å². The van der Waals surface area contributed by atoms with Crippen molar-refractivity contribution in [3.8, 4) is 0 Å². The van der Waals surface area contributed by atoms with Gasteiger partial charge in [-0.3, -0.25) is 9.69 Å². The predicted molar refractivity (Wildman–Crippen MR) is 112 cm³/mol. The highest BCUT2D eigenvalue weighted by Crippen LogP contribution is 2.18. The number of nitrogens with zero attached hydrogens (tertiary/aromatic N) is 1. The standard InChI is InChI=1S/C22H26Cl2N2O/c1-16-2-3-17(14-21(16)24)6-9-22(27)25-20-10-12-26(13-11-20)15-18-4-7-19(23)8-5-18/h2-5,7-8,14,20H,6,9-13,15H2,1H3,(H,25,27). The molecule has 0 radical (unpaired) electrons. The Morgan fingerprint density at radius 2 is 1.74 bits per heavy atom. The molecule has 1 heterocycles. The van der Waals surface area contributed by atoms with Crippen molar-refractivity contribution < 1.29 is 4.79 Å². The minimum atomic E-state index is 0.128. The van der Waals surface area contributed by atoms with E-state index in [1.807, 2.05) is 37.3 Å². The molecule has 1 saturated heterocycles. The van der Waals surface area contributed by atoms with Crippen LogP contribution in [0.4, 0.5) is 0 Å². The quantitative estimate of drug-likeness (QED) is 0.732. The maximum absolute atomic E-state index is 12.3. The number of benzene rings is 2. The smallest absolute Gasteiger partial charge is 0.220 e. The number of likely N-dealkylation sites (tertiary alicyclic amines) is 1. The number of carbonyl (C=O) groups is 1. The number of hydrogen-bond donors (Lipinski definition) is 1. The minimum Gasteiger partial charge on any atom is -0.353 e. The van der Waals surface area contributed by atoms with Crippen molar-refractivity contribution in [2.75, 3.05) is 13.1 Å². The molecule has 0 spiro atoms. The Hall–Kier alpha value is -1.55. The molecule has 1 N–H and O–H groups in total. The molecule has 3 nitrogen and oxygen atoms in total. The molecule has 0 atom stereocenters. The van der Waals surface area contributed by atoms with Crippen LogP contribution in [0.1, 0.15) is 36.0 Å². The van der Waals surface area contributed by atoms with Crippen LogP contribution in [0.25, 0.3) is 0 Å². The van der Waals surface area contributed by atoms with Gasteiger partial charge in [0.2, 0.25) is 5.91 Å². The molecular weight excluding hydrogens is 379 g/mol. The van der Waals surface area contributed by atoms with Crippen LogP contribution in [-0.4, -0.2) is 29.9 Å². The van der Waals surface area contributed by atoms with Crippen LogP contribution in [-0.2, 0) is 17.8 Å². The van der Waals surface area contributed by atoms with Crippen molar-refractivity contribution in [2.24, 2.45) is 0 Å². The van der Waals surface area contributed by atoms with E-state index in [1.165, 1.54) is 5.56 Å². The van der Waals surface area contributed by atoms with Crippen LogP contribution >= 0.6 is 23.2 Å². The predicted octanol–water partition coefficient (Wildman–Crippen LogP) is 5.02. The molecule has 1 aliphatic rings. The van der Waals surface area contributed by atoms with Crippen LogP contribution in [0.2, 0.25) is 10.0 Å². The van der Waals surface area contributed by atoms with Gasteiger partial charge in [0.25, 0.3) is 0 Å². The van der Waals surface area contributed by atoms with E-state index in [9.17, 15) is 4.79 Å². The molecule has 0 aliphatic carbocycles. The summed E-state index contributed by atoms with van der Waals surface area (Å²) in [5.74, 6) is 0.128. The third-order valence-corrected chi connectivity index (χ3v) is 5.81. The lowest BCUT2D eigenvalue weighted by Crippen LogP contribution is -2.44. The van der Waals surface area contributed by atoms with Gasteiger partial charge in [0.15, 0.2) is 0 Å². The number of piperidine rings is 1. The average molecular weight is 405 g/mol. The zero-order chi connectivity index (χ0) is 19.2. The molecule has 0 unspecified atom stereocenters. The number of carbonyl (C=O) groups excluding carboxylic acids is 1. The summed E-state index contributed by atoms with van der Waals surface area (Å²) in [6.45, 7) is 4.92. The van der Waals surface area contributed by atoms with E-state index < -0.39 is 0 Å². The van der Waals surface area contributed by atoms with Gasteiger partial charge in [0.1, 0.15) is 0 Å². The van der Waals surface area contributed by atoms with Gasteiger partial charge < -0.3 is 5.32 Å². The lowest BCUT2D eigenvalue weighted by molar-refractivity contribution is -0.122. The van der Waals surface area contributed by atoms with E-state index in [1.54, 1.807) is 0 Å². The van der Waals surface area contributed by atoms with Gasteiger partial charge in [-0.25, -0.2) is 0 Å². The number of nitrogens with one attached hydrogen (secondary N) is 1. The lowest BCUT2D eigenvalue weighted by Gasteiger charge is -2.32. The second kappa shape index (κ2) is 9.59. The largest absolute Gasteiger partial charge is 0.353 e. The van der Waals surface area contributed by atoms with E-state index in [2.05, 4.69) is 22.3 Å². The van der Waals surface area contributed by atoms with Gasteiger partial charge in [-0.2, -0.15) is 0 Å². The second-order valence-corrected chi connectivity index (χ2v) is 8.17. The maximum Gasteiger partial charge on any atom is 0.220 e. The van der Waals surface area contributed by atoms with Gasteiger partial charge in [-0.1, -0.05) is 47.5 Å². The molecule has 1 aliphatic heterocycles. The fourth-order valence-corrected chi connectivity index (χ4v) is 3.76. The molecular formula is C22H26Cl2N2O. The third-order valence-electron chi connectivity index (χ3n) is 5.15. The first kappa shape index (κ1) is 20.2. The van der Waals surface area contributed by atoms with E-state index in [0.29, 0.717) is 6.42 Å². The molecule has 0 bridgehead atoms. The van der Waals surface area contributed by atoms with Gasteiger partial charge in [0.05, 0.1) is 0 Å². The van der Waals surface area contributed by atoms with Crippen molar-refractivity contribution in [3.05, 3.63) is 69.2 Å². The van der Waals surface area contributed by atoms with Gasteiger partial charge in [-0.05, 0) is 61.1 Å². The van der Waals surface area contributed by atoms with Crippen molar-refractivity contribution in [2.45, 2.75) is 45.2 Å². The number of halogens is 2. The number of amides is 1. The van der Waals surface area contributed by atoms with Crippen molar-refractivity contribution in [3.63, 3.8) is 0 Å². The summed E-state index contributed by atoms with van der Waals surface area (Å²) in [6.07, 6.45) is 3.22. The Bertz CT molecular complexity index is 768. The van der Waals surface area contributed by atoms with Crippen LogP contribution in [0.3, 0.4) is 0 Å². The fraction of sp³-hybridized carbons (Fsp3) is 0.409. The Balaban J connectivity index is 1.38. The number of hydrogen-bond acceptors (Lipinski definition) is 2. The average Bonchev–Trinajstić information content (AvgIpc) is 2.66. The molecule has 1 fully saturated rings. The van der Waals surface area contributed by atoms with Crippen LogP contribution in [0.15, 0.2) is 42.5 Å². The van der Waals surface area contributed by atoms with Crippen molar-refractivity contribution >= 4 is 29.1 Å². The zero-order valence-corrected chi connectivity index (χ0v) is 17.2. The molecule has 0 saturated carbocycles. The molecule has 5 heteroatoms. The summed E-state index contributed by atoms with van der Waals surface area (Å²) in [6, 6.07) is 14.3. The van der Waals surface area contributed by atoms with Gasteiger partial charge >= 0.3 is 0 Å². The van der Waals surface area contributed by atoms with Crippen LogP contribution < -0.4 is 5.32 Å². The van der Waals surface area contributed by atoms with Crippen molar-refractivity contribution in [1.29, 1.82) is 0 Å². The molecule has 0 aromatic heterocycles. The Kier molecular flexibility index (Phi) is 7.17. The first-order chi connectivity index (χ1) is 13.0. The highest BCUT2D eigenvalue weighted by molar-refractivity contribution is 6.31. The second-order valence-electron chi connectivity index (χ2n) is 7.33. The molecule has 27 heavy (non-hydrogen) atoms. The monoisotopic (exact) mass is 404 g/mol. The highest BCUT2D eigenvalue weighted by Gasteiger charge is 2.20.